The summed E-state index contributed by atoms with van der Waals surface area (Å²) in [5.74, 6) is -2.94. The zero-order chi connectivity index (χ0) is 35.9. The van der Waals surface area contributed by atoms with E-state index < -0.39 is 41.4 Å². The number of nitrogens with two attached hydrogens (primary N) is 1. The molecule has 0 spiro atoms. The number of hydrogen-bond acceptors (Lipinski definition) is 7. The number of carbonyl (C=O) groups excluding carboxylic acids is 1. The quantitative estimate of drug-likeness (QED) is 0.132. The molecule has 1 aliphatic heterocycles. The highest BCUT2D eigenvalue weighted by Gasteiger charge is 2.30. The van der Waals surface area contributed by atoms with Crippen LogP contribution in [0, 0.1) is 17.5 Å². The topological polar surface area (TPSA) is 143 Å². The van der Waals surface area contributed by atoms with E-state index in [-0.39, 0.29) is 49.5 Å². The maximum Gasteiger partial charge on any atom is 0.407 e. The summed E-state index contributed by atoms with van der Waals surface area (Å²) in [4.78, 5) is 35.4. The number of morpholine rings is 1. The van der Waals surface area contributed by atoms with Crippen LogP contribution in [-0.4, -0.2) is 69.9 Å². The van der Waals surface area contributed by atoms with Crippen molar-refractivity contribution in [3.05, 3.63) is 137 Å². The Kier molecular flexibility index (Phi) is 11.2. The molecule has 5 N–H and O–H groups in total. The molecule has 1 saturated heterocycles. The molecule has 1 aliphatic rings. The van der Waals surface area contributed by atoms with Crippen molar-refractivity contribution in [2.45, 2.75) is 43.5 Å². The number of benzene rings is 3. The van der Waals surface area contributed by atoms with E-state index >= 15 is 4.39 Å². The van der Waals surface area contributed by atoms with Gasteiger partial charge in [-0.1, -0.05) is 48.5 Å². The van der Waals surface area contributed by atoms with Gasteiger partial charge in [0.1, 0.15) is 17.5 Å². The molecule has 10 nitrogen and oxygen atoms in total. The molecule has 2 aromatic heterocycles. The summed E-state index contributed by atoms with van der Waals surface area (Å²) in [5, 5.41) is 16.9. The summed E-state index contributed by atoms with van der Waals surface area (Å²) in [6, 6.07) is 20.9. The third kappa shape index (κ3) is 8.87. The van der Waals surface area contributed by atoms with Crippen LogP contribution in [0.15, 0.2) is 97.3 Å². The standard InChI is InChI=1S/C38H37F3N6O4/c39-26-10-5-24(6-11-26)35(25-7-12-27(40)13-8-25)36(42)37(48)46-34-19-43-18-32(41)31(34)16-15-30-17-44-29(22-51-30)21-47(38(49)50)20-28-14-9-23-3-1-2-4-33(23)45-28/h1-14,18-19,29-30,35-36,44H,15-17,20-22,42H2,(H,46,48)(H,49,50)/t29-,30+,36-/m0/s1. The molecular weight excluding hydrogens is 661 g/mol. The molecule has 264 valence electrons. The highest BCUT2D eigenvalue weighted by molar-refractivity contribution is 5.96. The Labute approximate surface area is 292 Å². The van der Waals surface area contributed by atoms with Crippen molar-refractivity contribution in [3.8, 4) is 0 Å². The lowest BCUT2D eigenvalue weighted by atomic mass is 9.85. The number of nitrogens with one attached hydrogen (secondary N) is 2. The van der Waals surface area contributed by atoms with E-state index in [4.69, 9.17) is 10.5 Å². The average Bonchev–Trinajstić information content (AvgIpc) is 3.13. The first-order valence-corrected chi connectivity index (χ1v) is 16.5. The first-order chi connectivity index (χ1) is 24.6. The highest BCUT2D eigenvalue weighted by atomic mass is 19.1. The molecule has 3 atom stereocenters. The molecular formula is C38H37F3N6O4. The van der Waals surface area contributed by atoms with Gasteiger partial charge in [0, 0.05) is 36.0 Å². The smallest absolute Gasteiger partial charge is 0.407 e. The minimum absolute atomic E-state index is 0.121. The summed E-state index contributed by atoms with van der Waals surface area (Å²) >= 11 is 0. The van der Waals surface area contributed by atoms with Crippen molar-refractivity contribution in [3.63, 3.8) is 0 Å². The van der Waals surface area contributed by atoms with Crippen molar-refractivity contribution >= 4 is 28.6 Å². The lowest BCUT2D eigenvalue weighted by Crippen LogP contribution is -2.52. The fraction of sp³-hybridized carbons (Fsp3) is 0.263. The van der Waals surface area contributed by atoms with Crippen LogP contribution in [0.2, 0.25) is 0 Å². The van der Waals surface area contributed by atoms with E-state index in [0.29, 0.717) is 29.8 Å². The molecule has 1 fully saturated rings. The number of hydrogen-bond donors (Lipinski definition) is 4. The van der Waals surface area contributed by atoms with Gasteiger partial charge in [-0.15, -0.1) is 0 Å². The summed E-state index contributed by atoms with van der Waals surface area (Å²) < 4.78 is 48.6. The SMILES string of the molecule is N[C@H](C(=O)Nc1cncc(F)c1CC[C@@H]1CN[C@@H](CN(Cc2ccc3ccccc3n2)C(=O)O)CO1)C(c1ccc(F)cc1)c1ccc(F)cc1. The van der Waals surface area contributed by atoms with Crippen LogP contribution in [0.4, 0.5) is 23.7 Å². The summed E-state index contributed by atoms with van der Waals surface area (Å²) in [6.07, 6.45) is 1.62. The fourth-order valence-corrected chi connectivity index (χ4v) is 6.28. The molecule has 0 unspecified atom stereocenters. The van der Waals surface area contributed by atoms with Gasteiger partial charge >= 0.3 is 6.09 Å². The normalized spacial score (nSPS) is 16.6. The maximum atomic E-state index is 15.1. The molecule has 3 heterocycles. The minimum atomic E-state index is -1.21. The van der Waals surface area contributed by atoms with Crippen LogP contribution in [0.3, 0.4) is 0 Å². The number of para-hydroxylation sites is 1. The number of aromatic nitrogens is 2. The third-order valence-corrected chi connectivity index (χ3v) is 8.99. The number of carbonyl (C=O) groups is 2. The first kappa shape index (κ1) is 35.5. The van der Waals surface area contributed by atoms with Crippen LogP contribution in [0.1, 0.15) is 34.7 Å². The van der Waals surface area contributed by atoms with Gasteiger partial charge in [0.2, 0.25) is 5.91 Å². The fourth-order valence-electron chi connectivity index (χ4n) is 6.28. The first-order valence-electron chi connectivity index (χ1n) is 16.5. The predicted molar refractivity (Wildman–Crippen MR) is 185 cm³/mol. The van der Waals surface area contributed by atoms with Crippen LogP contribution >= 0.6 is 0 Å². The van der Waals surface area contributed by atoms with E-state index in [1.165, 1.54) is 59.6 Å². The number of amides is 2. The average molecular weight is 699 g/mol. The molecule has 6 rings (SSSR count). The second kappa shape index (κ2) is 16.1. The van der Waals surface area contributed by atoms with Crippen molar-refractivity contribution < 1.29 is 32.6 Å². The third-order valence-electron chi connectivity index (χ3n) is 8.99. The molecule has 0 bridgehead atoms. The molecule has 5 aromatic rings. The van der Waals surface area contributed by atoms with Crippen LogP contribution < -0.4 is 16.4 Å². The van der Waals surface area contributed by atoms with Gasteiger partial charge < -0.3 is 31.1 Å². The zero-order valence-electron chi connectivity index (χ0n) is 27.5. The Morgan fingerprint density at radius 2 is 1.65 bits per heavy atom. The molecule has 0 saturated carbocycles. The van der Waals surface area contributed by atoms with Crippen molar-refractivity contribution in [2.24, 2.45) is 5.73 Å². The van der Waals surface area contributed by atoms with Gasteiger partial charge in [0.05, 0.1) is 54.6 Å². The van der Waals surface area contributed by atoms with Gasteiger partial charge in [0.25, 0.3) is 0 Å². The lowest BCUT2D eigenvalue weighted by molar-refractivity contribution is -0.117. The minimum Gasteiger partial charge on any atom is -0.465 e. The second-order valence-corrected chi connectivity index (χ2v) is 12.5. The van der Waals surface area contributed by atoms with E-state index in [1.807, 2.05) is 36.4 Å². The Bertz CT molecular complexity index is 1930. The van der Waals surface area contributed by atoms with E-state index in [1.54, 1.807) is 0 Å². The zero-order valence-corrected chi connectivity index (χ0v) is 27.5. The van der Waals surface area contributed by atoms with Gasteiger partial charge in [-0.25, -0.2) is 18.0 Å². The van der Waals surface area contributed by atoms with Crippen LogP contribution in [0.25, 0.3) is 10.9 Å². The Morgan fingerprint density at radius 1 is 0.961 bits per heavy atom. The Balaban J connectivity index is 1.06. The molecule has 51 heavy (non-hydrogen) atoms. The number of pyridine rings is 2. The van der Waals surface area contributed by atoms with E-state index in [0.717, 1.165) is 17.1 Å². The summed E-state index contributed by atoms with van der Waals surface area (Å²) in [5.41, 5.74) is 9.35. The van der Waals surface area contributed by atoms with Gasteiger partial charge in [-0.2, -0.15) is 0 Å². The van der Waals surface area contributed by atoms with Crippen LogP contribution in [0.5, 0.6) is 0 Å². The van der Waals surface area contributed by atoms with Gasteiger partial charge in [-0.3, -0.25) is 14.8 Å². The Morgan fingerprint density at radius 3 is 2.29 bits per heavy atom. The number of anilines is 1. The van der Waals surface area contributed by atoms with Crippen LogP contribution in [-0.2, 0) is 22.5 Å². The number of carboxylic acid groups (broad SMARTS) is 1. The summed E-state index contributed by atoms with van der Waals surface area (Å²) in [7, 11) is 0. The number of nitrogens with zero attached hydrogens (tertiary/aromatic N) is 3. The maximum absolute atomic E-state index is 15.1. The number of fused-ring (bicyclic) bond motifs is 1. The largest absolute Gasteiger partial charge is 0.465 e. The highest BCUT2D eigenvalue weighted by Crippen LogP contribution is 2.30. The second-order valence-electron chi connectivity index (χ2n) is 12.5. The van der Waals surface area contributed by atoms with Crippen molar-refractivity contribution in [2.75, 3.05) is 25.0 Å². The molecule has 0 radical (unpaired) electrons. The number of rotatable bonds is 12. The Hall–Kier alpha value is -5.37. The number of halogens is 3. The summed E-state index contributed by atoms with van der Waals surface area (Å²) in [6.45, 7) is 0.951. The molecule has 2 amide bonds. The monoisotopic (exact) mass is 698 g/mol. The van der Waals surface area contributed by atoms with Crippen molar-refractivity contribution in [1.29, 1.82) is 0 Å². The van der Waals surface area contributed by atoms with Crippen molar-refractivity contribution in [1.82, 2.24) is 20.2 Å². The predicted octanol–water partition coefficient (Wildman–Crippen LogP) is 5.61. The molecule has 3 aromatic carbocycles. The molecule has 13 heteroatoms. The lowest BCUT2D eigenvalue weighted by Gasteiger charge is -2.33. The number of ether oxygens (including phenoxy) is 1. The molecule has 0 aliphatic carbocycles. The van der Waals surface area contributed by atoms with Gasteiger partial charge in [0.15, 0.2) is 0 Å². The van der Waals surface area contributed by atoms with Gasteiger partial charge in [-0.05, 0) is 60.4 Å². The van der Waals surface area contributed by atoms with E-state index in [2.05, 4.69) is 20.6 Å². The van der Waals surface area contributed by atoms with E-state index in [9.17, 15) is 23.5 Å².